The van der Waals surface area contributed by atoms with E-state index < -0.39 is 0 Å². The lowest BCUT2D eigenvalue weighted by molar-refractivity contribution is -0.123. The lowest BCUT2D eigenvalue weighted by Gasteiger charge is -2.29. The summed E-state index contributed by atoms with van der Waals surface area (Å²) in [7, 11) is 0. The zero-order valence-electron chi connectivity index (χ0n) is 11.7. The Labute approximate surface area is 110 Å². The normalized spacial score (nSPS) is 20.4. The van der Waals surface area contributed by atoms with E-state index in [0.717, 1.165) is 52.1 Å². The zero-order chi connectivity index (χ0) is 13.4. The van der Waals surface area contributed by atoms with Crippen LogP contribution in [0.15, 0.2) is 0 Å². The number of hydrogen-bond acceptors (Lipinski definition) is 4. The van der Waals surface area contributed by atoms with Gasteiger partial charge in [0.25, 0.3) is 0 Å². The molecule has 106 valence electrons. The molecule has 1 rings (SSSR count). The molecule has 3 N–H and O–H groups in total. The lowest BCUT2D eigenvalue weighted by atomic mass is 10.1. The van der Waals surface area contributed by atoms with Crippen molar-refractivity contribution in [2.75, 3.05) is 32.8 Å². The average molecular weight is 257 g/mol. The number of unbranched alkanes of at least 4 members (excludes halogenated alkanes) is 1. The number of morpholine rings is 1. The quantitative estimate of drug-likeness (QED) is 0.690. The number of hydrogen-bond donors (Lipinski definition) is 2. The number of nitrogens with one attached hydrogen (secondary N) is 1. The molecule has 0 aromatic rings. The Balaban J connectivity index is 2.21. The van der Waals surface area contributed by atoms with E-state index in [2.05, 4.69) is 17.1 Å². The van der Waals surface area contributed by atoms with E-state index in [0.29, 0.717) is 0 Å². The first-order valence-corrected chi connectivity index (χ1v) is 6.99. The Morgan fingerprint density at radius 3 is 2.72 bits per heavy atom. The fourth-order valence-corrected chi connectivity index (χ4v) is 2.12. The van der Waals surface area contributed by atoms with Crippen LogP contribution in [-0.4, -0.2) is 55.7 Å². The Morgan fingerprint density at radius 2 is 2.11 bits per heavy atom. The van der Waals surface area contributed by atoms with Crippen LogP contribution in [-0.2, 0) is 9.53 Å². The topological polar surface area (TPSA) is 67.6 Å². The Kier molecular flexibility index (Phi) is 7.23. The summed E-state index contributed by atoms with van der Waals surface area (Å²) in [6, 6.07) is -0.222. The molecule has 1 aliphatic rings. The Bertz CT molecular complexity index is 242. The first kappa shape index (κ1) is 15.4. The van der Waals surface area contributed by atoms with Crippen LogP contribution in [0.5, 0.6) is 0 Å². The van der Waals surface area contributed by atoms with Gasteiger partial charge in [-0.15, -0.1) is 0 Å². The highest BCUT2D eigenvalue weighted by atomic mass is 16.5. The molecular weight excluding hydrogens is 230 g/mol. The maximum absolute atomic E-state index is 11.8. The van der Waals surface area contributed by atoms with Gasteiger partial charge in [0, 0.05) is 25.7 Å². The van der Waals surface area contributed by atoms with Crippen molar-refractivity contribution >= 4 is 5.91 Å². The molecule has 1 heterocycles. The molecule has 1 aliphatic heterocycles. The van der Waals surface area contributed by atoms with Crippen molar-refractivity contribution in [2.24, 2.45) is 5.73 Å². The summed E-state index contributed by atoms with van der Waals surface area (Å²) in [4.78, 5) is 14.1. The summed E-state index contributed by atoms with van der Waals surface area (Å²) in [5.74, 6) is -0.0239. The molecule has 0 aliphatic carbocycles. The third-order valence-electron chi connectivity index (χ3n) is 3.23. The third-order valence-corrected chi connectivity index (χ3v) is 3.23. The minimum Gasteiger partial charge on any atom is -0.379 e. The predicted molar refractivity (Wildman–Crippen MR) is 72.4 cm³/mol. The molecule has 0 aromatic carbocycles. The first-order chi connectivity index (χ1) is 8.63. The molecule has 0 bridgehead atoms. The van der Waals surface area contributed by atoms with Crippen molar-refractivity contribution in [3.05, 3.63) is 0 Å². The van der Waals surface area contributed by atoms with Crippen molar-refractivity contribution in [3.63, 3.8) is 0 Å². The maximum Gasteiger partial charge on any atom is 0.237 e. The third kappa shape index (κ3) is 5.80. The lowest BCUT2D eigenvalue weighted by Crippen LogP contribution is -2.50. The fraction of sp³-hybridized carbons (Fsp3) is 0.923. The summed E-state index contributed by atoms with van der Waals surface area (Å²) in [6.45, 7) is 8.47. The summed E-state index contributed by atoms with van der Waals surface area (Å²) in [6.07, 6.45) is 2.85. The van der Waals surface area contributed by atoms with E-state index in [1.807, 2.05) is 6.92 Å². The molecule has 1 unspecified atom stereocenters. The highest BCUT2D eigenvalue weighted by Crippen LogP contribution is 2.01. The van der Waals surface area contributed by atoms with Crippen LogP contribution in [0.25, 0.3) is 0 Å². The molecule has 0 aromatic heterocycles. The monoisotopic (exact) mass is 257 g/mol. The van der Waals surface area contributed by atoms with Gasteiger partial charge in [-0.1, -0.05) is 19.8 Å². The SMILES string of the molecule is CCCC[C@H](N)C(=O)NC(C)CN1CCOCC1. The van der Waals surface area contributed by atoms with Gasteiger partial charge in [-0.05, 0) is 13.3 Å². The Morgan fingerprint density at radius 1 is 1.44 bits per heavy atom. The van der Waals surface area contributed by atoms with Crippen molar-refractivity contribution in [1.29, 1.82) is 0 Å². The van der Waals surface area contributed by atoms with Crippen LogP contribution >= 0.6 is 0 Å². The van der Waals surface area contributed by atoms with Crippen LogP contribution in [0.2, 0.25) is 0 Å². The fourth-order valence-electron chi connectivity index (χ4n) is 2.12. The number of nitrogens with zero attached hydrogens (tertiary/aromatic N) is 1. The molecule has 0 saturated carbocycles. The highest BCUT2D eigenvalue weighted by molar-refractivity contribution is 5.81. The maximum atomic E-state index is 11.8. The van der Waals surface area contributed by atoms with Crippen LogP contribution in [0.1, 0.15) is 33.1 Å². The van der Waals surface area contributed by atoms with E-state index >= 15 is 0 Å². The van der Waals surface area contributed by atoms with Crippen LogP contribution in [0, 0.1) is 0 Å². The highest BCUT2D eigenvalue weighted by Gasteiger charge is 2.18. The molecule has 0 radical (unpaired) electrons. The van der Waals surface area contributed by atoms with Gasteiger partial charge >= 0.3 is 0 Å². The molecule has 1 saturated heterocycles. The molecule has 1 amide bonds. The summed E-state index contributed by atoms with van der Waals surface area (Å²) in [5.41, 5.74) is 5.84. The summed E-state index contributed by atoms with van der Waals surface area (Å²) in [5, 5.41) is 2.99. The Hall–Kier alpha value is -0.650. The van der Waals surface area contributed by atoms with E-state index in [-0.39, 0.29) is 18.0 Å². The second kappa shape index (κ2) is 8.45. The number of carbonyl (C=O) groups is 1. The van der Waals surface area contributed by atoms with Gasteiger partial charge in [0.1, 0.15) is 0 Å². The second-order valence-corrected chi connectivity index (χ2v) is 5.07. The van der Waals surface area contributed by atoms with Crippen LogP contribution in [0.4, 0.5) is 0 Å². The molecule has 5 heteroatoms. The van der Waals surface area contributed by atoms with E-state index in [9.17, 15) is 4.79 Å². The molecule has 0 spiro atoms. The number of nitrogens with two attached hydrogens (primary N) is 1. The van der Waals surface area contributed by atoms with Crippen LogP contribution < -0.4 is 11.1 Å². The van der Waals surface area contributed by atoms with E-state index in [1.165, 1.54) is 0 Å². The van der Waals surface area contributed by atoms with Crippen molar-refractivity contribution in [1.82, 2.24) is 10.2 Å². The number of carbonyl (C=O) groups excluding carboxylic acids is 1. The van der Waals surface area contributed by atoms with Crippen molar-refractivity contribution in [3.8, 4) is 0 Å². The van der Waals surface area contributed by atoms with Gasteiger partial charge in [0.2, 0.25) is 5.91 Å². The molecule has 2 atom stereocenters. The molecule has 18 heavy (non-hydrogen) atoms. The van der Waals surface area contributed by atoms with Crippen LogP contribution in [0.3, 0.4) is 0 Å². The summed E-state index contributed by atoms with van der Waals surface area (Å²) >= 11 is 0. The number of amides is 1. The van der Waals surface area contributed by atoms with Crippen molar-refractivity contribution < 1.29 is 9.53 Å². The van der Waals surface area contributed by atoms with Gasteiger partial charge in [0.05, 0.1) is 19.3 Å². The predicted octanol–water partition coefficient (Wildman–Crippen LogP) is 0.341. The van der Waals surface area contributed by atoms with Gasteiger partial charge in [-0.3, -0.25) is 9.69 Å². The van der Waals surface area contributed by atoms with E-state index in [1.54, 1.807) is 0 Å². The zero-order valence-corrected chi connectivity index (χ0v) is 11.7. The summed E-state index contributed by atoms with van der Waals surface area (Å²) < 4.78 is 5.30. The van der Waals surface area contributed by atoms with Crippen molar-refractivity contribution in [2.45, 2.75) is 45.2 Å². The van der Waals surface area contributed by atoms with Gasteiger partial charge < -0.3 is 15.8 Å². The minimum atomic E-state index is -0.364. The first-order valence-electron chi connectivity index (χ1n) is 6.99. The molecule has 5 nitrogen and oxygen atoms in total. The second-order valence-electron chi connectivity index (χ2n) is 5.07. The van der Waals surface area contributed by atoms with Gasteiger partial charge in [-0.25, -0.2) is 0 Å². The minimum absolute atomic E-state index is 0.0239. The number of rotatable bonds is 7. The molecular formula is C13H27N3O2. The number of ether oxygens (including phenoxy) is 1. The van der Waals surface area contributed by atoms with Gasteiger partial charge in [-0.2, -0.15) is 0 Å². The standard InChI is InChI=1S/C13H27N3O2/c1-3-4-5-12(14)13(17)15-11(2)10-16-6-8-18-9-7-16/h11-12H,3-10,14H2,1-2H3,(H,15,17)/t11?,12-/m0/s1. The van der Waals surface area contributed by atoms with E-state index in [4.69, 9.17) is 10.5 Å². The smallest absolute Gasteiger partial charge is 0.237 e. The largest absolute Gasteiger partial charge is 0.379 e. The van der Waals surface area contributed by atoms with Gasteiger partial charge in [0.15, 0.2) is 0 Å². The molecule has 1 fully saturated rings. The average Bonchev–Trinajstić information content (AvgIpc) is 2.36.